The van der Waals surface area contributed by atoms with E-state index < -0.39 is 0 Å². The van der Waals surface area contributed by atoms with Gasteiger partial charge in [0.05, 0.1) is 20.3 Å². The molecule has 0 radical (unpaired) electrons. The van der Waals surface area contributed by atoms with E-state index in [2.05, 4.69) is 33.3 Å². The van der Waals surface area contributed by atoms with Crippen LogP contribution < -0.4 is 14.8 Å². The normalized spacial score (nSPS) is 17.0. The summed E-state index contributed by atoms with van der Waals surface area (Å²) in [5, 5.41) is 2.95. The van der Waals surface area contributed by atoms with Gasteiger partial charge in [-0.2, -0.15) is 0 Å². The summed E-state index contributed by atoms with van der Waals surface area (Å²) in [6.07, 6.45) is 1.01. The van der Waals surface area contributed by atoms with Gasteiger partial charge in [0, 0.05) is 44.8 Å². The SMILES string of the molecule is COc1ccc(NC(=O)CN2CCN(Cc3ccc4c(c3)CCO4)CC2)cc1. The molecule has 0 spiro atoms. The predicted molar refractivity (Wildman–Crippen MR) is 109 cm³/mol. The molecule has 0 aromatic heterocycles. The molecule has 148 valence electrons. The van der Waals surface area contributed by atoms with Gasteiger partial charge < -0.3 is 14.8 Å². The highest BCUT2D eigenvalue weighted by Crippen LogP contribution is 2.26. The molecule has 1 fully saturated rings. The van der Waals surface area contributed by atoms with Gasteiger partial charge in [-0.25, -0.2) is 0 Å². The summed E-state index contributed by atoms with van der Waals surface area (Å²) in [7, 11) is 1.63. The summed E-state index contributed by atoms with van der Waals surface area (Å²) in [5.74, 6) is 1.85. The van der Waals surface area contributed by atoms with E-state index in [0.29, 0.717) is 6.54 Å². The predicted octanol–water partition coefficient (Wildman–Crippen LogP) is 2.39. The Balaban J connectivity index is 1.22. The molecule has 2 heterocycles. The van der Waals surface area contributed by atoms with Crippen molar-refractivity contribution in [3.8, 4) is 11.5 Å². The molecule has 0 aliphatic carbocycles. The molecule has 2 aromatic rings. The zero-order chi connectivity index (χ0) is 19.3. The minimum atomic E-state index is 0.0252. The summed E-state index contributed by atoms with van der Waals surface area (Å²) >= 11 is 0. The molecule has 6 heteroatoms. The van der Waals surface area contributed by atoms with Crippen molar-refractivity contribution >= 4 is 11.6 Å². The molecule has 0 unspecified atom stereocenters. The fourth-order valence-electron chi connectivity index (χ4n) is 3.78. The standard InChI is InChI=1S/C22H27N3O3/c1-27-20-5-3-19(4-6-20)23-22(26)16-25-11-9-24(10-12-25)15-17-2-7-21-18(14-17)8-13-28-21/h2-7,14H,8-13,15-16H2,1H3,(H,23,26). The minimum absolute atomic E-state index is 0.0252. The van der Waals surface area contributed by atoms with Gasteiger partial charge in [-0.15, -0.1) is 0 Å². The summed E-state index contributed by atoms with van der Waals surface area (Å²) in [5.41, 5.74) is 3.46. The smallest absolute Gasteiger partial charge is 0.238 e. The van der Waals surface area contributed by atoms with E-state index in [4.69, 9.17) is 9.47 Å². The second-order valence-corrected chi connectivity index (χ2v) is 7.37. The quantitative estimate of drug-likeness (QED) is 0.833. The number of rotatable bonds is 6. The Morgan fingerprint density at radius 1 is 1.07 bits per heavy atom. The van der Waals surface area contributed by atoms with Gasteiger partial charge in [0.25, 0.3) is 0 Å². The Hall–Kier alpha value is -2.57. The number of piperazine rings is 1. The van der Waals surface area contributed by atoms with Gasteiger partial charge in [0.15, 0.2) is 0 Å². The fraction of sp³-hybridized carbons (Fsp3) is 0.409. The van der Waals surface area contributed by atoms with Crippen molar-refractivity contribution in [3.05, 3.63) is 53.6 Å². The number of nitrogens with zero attached hydrogens (tertiary/aromatic N) is 2. The van der Waals surface area contributed by atoms with Crippen molar-refractivity contribution in [2.75, 3.05) is 51.8 Å². The Kier molecular flexibility index (Phi) is 5.78. The number of nitrogens with one attached hydrogen (secondary N) is 1. The number of carbonyl (C=O) groups excluding carboxylic acids is 1. The zero-order valence-electron chi connectivity index (χ0n) is 16.3. The molecule has 0 atom stereocenters. The summed E-state index contributed by atoms with van der Waals surface area (Å²) < 4.78 is 10.7. The van der Waals surface area contributed by atoms with Gasteiger partial charge >= 0.3 is 0 Å². The molecule has 1 N–H and O–H groups in total. The highest BCUT2D eigenvalue weighted by atomic mass is 16.5. The highest BCUT2D eigenvalue weighted by molar-refractivity contribution is 5.92. The first-order valence-corrected chi connectivity index (χ1v) is 9.83. The Labute approximate surface area is 166 Å². The molecule has 28 heavy (non-hydrogen) atoms. The number of fused-ring (bicyclic) bond motifs is 1. The van der Waals surface area contributed by atoms with Crippen LogP contribution in [0.15, 0.2) is 42.5 Å². The lowest BCUT2D eigenvalue weighted by molar-refractivity contribution is -0.117. The Morgan fingerprint density at radius 3 is 2.57 bits per heavy atom. The van der Waals surface area contributed by atoms with E-state index in [-0.39, 0.29) is 5.91 Å². The molecule has 0 saturated carbocycles. The topological polar surface area (TPSA) is 54.0 Å². The molecule has 4 rings (SSSR count). The molecule has 2 aliphatic heterocycles. The third-order valence-electron chi connectivity index (χ3n) is 5.37. The van der Waals surface area contributed by atoms with Crippen LogP contribution in [0.25, 0.3) is 0 Å². The van der Waals surface area contributed by atoms with Crippen LogP contribution in [0, 0.1) is 0 Å². The lowest BCUT2D eigenvalue weighted by Crippen LogP contribution is -2.48. The van der Waals surface area contributed by atoms with E-state index in [9.17, 15) is 4.79 Å². The monoisotopic (exact) mass is 381 g/mol. The number of benzene rings is 2. The van der Waals surface area contributed by atoms with E-state index in [0.717, 1.165) is 62.9 Å². The number of amides is 1. The van der Waals surface area contributed by atoms with E-state index >= 15 is 0 Å². The van der Waals surface area contributed by atoms with Crippen LogP contribution >= 0.6 is 0 Å². The van der Waals surface area contributed by atoms with Gasteiger partial charge in [-0.3, -0.25) is 14.6 Å². The second kappa shape index (κ2) is 8.63. The number of anilines is 1. The Bertz CT molecular complexity index is 814. The molecule has 6 nitrogen and oxygen atoms in total. The molecular weight excluding hydrogens is 354 g/mol. The lowest BCUT2D eigenvalue weighted by Gasteiger charge is -2.34. The van der Waals surface area contributed by atoms with Crippen LogP contribution in [0.3, 0.4) is 0 Å². The van der Waals surface area contributed by atoms with Crippen molar-refractivity contribution in [2.45, 2.75) is 13.0 Å². The van der Waals surface area contributed by atoms with E-state index in [1.165, 1.54) is 11.1 Å². The van der Waals surface area contributed by atoms with E-state index in [1.807, 2.05) is 24.3 Å². The first-order valence-electron chi connectivity index (χ1n) is 9.83. The highest BCUT2D eigenvalue weighted by Gasteiger charge is 2.20. The van der Waals surface area contributed by atoms with Gasteiger partial charge in [-0.05, 0) is 41.5 Å². The van der Waals surface area contributed by atoms with Crippen LogP contribution in [-0.2, 0) is 17.8 Å². The molecular formula is C22H27N3O3. The molecule has 2 aromatic carbocycles. The van der Waals surface area contributed by atoms with Crippen LogP contribution in [0.4, 0.5) is 5.69 Å². The summed E-state index contributed by atoms with van der Waals surface area (Å²) in [6.45, 7) is 5.95. The van der Waals surface area contributed by atoms with Crippen molar-refractivity contribution in [2.24, 2.45) is 0 Å². The van der Waals surface area contributed by atoms with Gasteiger partial charge in [-0.1, -0.05) is 12.1 Å². The zero-order valence-corrected chi connectivity index (χ0v) is 16.3. The van der Waals surface area contributed by atoms with Crippen LogP contribution in [-0.4, -0.2) is 62.1 Å². The third-order valence-corrected chi connectivity index (χ3v) is 5.37. The van der Waals surface area contributed by atoms with Crippen LogP contribution in [0.2, 0.25) is 0 Å². The molecule has 2 aliphatic rings. The van der Waals surface area contributed by atoms with Gasteiger partial charge in [0.1, 0.15) is 11.5 Å². The number of carbonyl (C=O) groups is 1. The average molecular weight is 381 g/mol. The van der Waals surface area contributed by atoms with Crippen molar-refractivity contribution in [1.82, 2.24) is 9.80 Å². The lowest BCUT2D eigenvalue weighted by atomic mass is 10.1. The Morgan fingerprint density at radius 2 is 1.82 bits per heavy atom. The fourth-order valence-corrected chi connectivity index (χ4v) is 3.78. The summed E-state index contributed by atoms with van der Waals surface area (Å²) in [6, 6.07) is 13.9. The number of methoxy groups -OCH3 is 1. The van der Waals surface area contributed by atoms with Crippen molar-refractivity contribution in [3.63, 3.8) is 0 Å². The first kappa shape index (κ1) is 18.8. The number of hydrogen-bond acceptors (Lipinski definition) is 5. The van der Waals surface area contributed by atoms with Gasteiger partial charge in [0.2, 0.25) is 5.91 Å². The maximum absolute atomic E-state index is 12.3. The molecule has 0 bridgehead atoms. The maximum atomic E-state index is 12.3. The number of ether oxygens (including phenoxy) is 2. The van der Waals surface area contributed by atoms with Crippen LogP contribution in [0.1, 0.15) is 11.1 Å². The van der Waals surface area contributed by atoms with Crippen molar-refractivity contribution in [1.29, 1.82) is 0 Å². The number of hydrogen-bond donors (Lipinski definition) is 1. The minimum Gasteiger partial charge on any atom is -0.497 e. The summed E-state index contributed by atoms with van der Waals surface area (Å²) in [4.78, 5) is 17.0. The molecule has 1 saturated heterocycles. The van der Waals surface area contributed by atoms with Crippen LogP contribution in [0.5, 0.6) is 11.5 Å². The second-order valence-electron chi connectivity index (χ2n) is 7.37. The van der Waals surface area contributed by atoms with E-state index in [1.54, 1.807) is 7.11 Å². The average Bonchev–Trinajstić information content (AvgIpc) is 3.18. The largest absolute Gasteiger partial charge is 0.497 e. The first-order chi connectivity index (χ1) is 13.7. The third kappa shape index (κ3) is 4.64. The van der Waals surface area contributed by atoms with Crippen molar-refractivity contribution < 1.29 is 14.3 Å². The molecule has 1 amide bonds. The maximum Gasteiger partial charge on any atom is 0.238 e.